The molecule has 0 atom stereocenters. The standard InChI is InChI=1S/C24H21FN2O4/c1-2-31-18-12-8-16(9-13-18)26-23(29)20-14-19-21(4-3-5-22(19)28)27(24(20)30)17-10-6-15(25)7-11-17/h6-14H,2-5H2,1H3,(H,26,29). The fourth-order valence-electron chi connectivity index (χ4n) is 3.72. The molecule has 1 aliphatic carbocycles. The van der Waals surface area contributed by atoms with Gasteiger partial charge in [-0.25, -0.2) is 4.39 Å². The minimum absolute atomic E-state index is 0.118. The Bertz CT molecular complexity index is 1200. The maximum Gasteiger partial charge on any atom is 0.268 e. The Balaban J connectivity index is 1.77. The molecule has 0 saturated heterocycles. The number of carbonyl (C=O) groups is 2. The summed E-state index contributed by atoms with van der Waals surface area (Å²) in [6, 6.07) is 13.6. The van der Waals surface area contributed by atoms with Gasteiger partial charge >= 0.3 is 0 Å². The van der Waals surface area contributed by atoms with Gasteiger partial charge in [0.2, 0.25) is 0 Å². The van der Waals surface area contributed by atoms with Crippen LogP contribution in [0.1, 0.15) is 46.2 Å². The largest absolute Gasteiger partial charge is 0.494 e. The van der Waals surface area contributed by atoms with E-state index in [1.54, 1.807) is 24.3 Å². The van der Waals surface area contributed by atoms with Gasteiger partial charge in [0, 0.05) is 29.1 Å². The molecule has 0 radical (unpaired) electrons. The molecule has 0 aliphatic heterocycles. The summed E-state index contributed by atoms with van der Waals surface area (Å²) in [5, 5.41) is 2.70. The number of hydrogen-bond acceptors (Lipinski definition) is 4. The normalized spacial score (nSPS) is 12.9. The van der Waals surface area contributed by atoms with Gasteiger partial charge in [-0.15, -0.1) is 0 Å². The molecule has 1 heterocycles. The molecule has 1 aliphatic rings. The number of Topliss-reactive ketones (excluding diaryl/α,β-unsaturated/α-hetero) is 1. The molecule has 7 heteroatoms. The van der Waals surface area contributed by atoms with Gasteiger partial charge in [0.1, 0.15) is 17.1 Å². The van der Waals surface area contributed by atoms with Crippen molar-refractivity contribution >= 4 is 17.4 Å². The van der Waals surface area contributed by atoms with Crippen LogP contribution >= 0.6 is 0 Å². The van der Waals surface area contributed by atoms with E-state index in [1.807, 2.05) is 6.92 Å². The van der Waals surface area contributed by atoms with Crippen molar-refractivity contribution in [3.63, 3.8) is 0 Å². The van der Waals surface area contributed by atoms with Crippen LogP contribution in [0.4, 0.5) is 10.1 Å². The Labute approximate surface area is 178 Å². The number of carbonyl (C=O) groups excluding carboxylic acids is 2. The maximum absolute atomic E-state index is 13.4. The fourth-order valence-corrected chi connectivity index (χ4v) is 3.72. The van der Waals surface area contributed by atoms with Crippen LogP contribution in [0.25, 0.3) is 5.69 Å². The molecular formula is C24H21FN2O4. The first-order valence-electron chi connectivity index (χ1n) is 10.1. The van der Waals surface area contributed by atoms with E-state index in [1.165, 1.54) is 34.9 Å². The number of halogens is 1. The quantitative estimate of drug-likeness (QED) is 0.673. The second-order valence-corrected chi connectivity index (χ2v) is 7.22. The summed E-state index contributed by atoms with van der Waals surface area (Å²) in [6.07, 6.45) is 1.49. The molecule has 31 heavy (non-hydrogen) atoms. The Morgan fingerprint density at radius 2 is 1.77 bits per heavy atom. The van der Waals surface area contributed by atoms with Crippen molar-refractivity contribution < 1.29 is 18.7 Å². The van der Waals surface area contributed by atoms with Crippen LogP contribution < -0.4 is 15.6 Å². The number of amides is 1. The van der Waals surface area contributed by atoms with E-state index >= 15 is 0 Å². The molecule has 1 N–H and O–H groups in total. The number of nitrogens with zero attached hydrogens (tertiary/aromatic N) is 1. The molecule has 1 amide bonds. The van der Waals surface area contributed by atoms with E-state index in [9.17, 15) is 18.8 Å². The lowest BCUT2D eigenvalue weighted by Gasteiger charge is -2.21. The fraction of sp³-hybridized carbons (Fsp3) is 0.208. The smallest absolute Gasteiger partial charge is 0.268 e. The third-order valence-corrected chi connectivity index (χ3v) is 5.17. The number of aromatic nitrogens is 1. The van der Waals surface area contributed by atoms with Gasteiger partial charge in [-0.3, -0.25) is 19.0 Å². The molecule has 3 aromatic rings. The average molecular weight is 420 g/mol. The Morgan fingerprint density at radius 3 is 2.45 bits per heavy atom. The van der Waals surface area contributed by atoms with Crippen LogP contribution in [-0.2, 0) is 6.42 Å². The van der Waals surface area contributed by atoms with Crippen LogP contribution in [0.5, 0.6) is 5.75 Å². The first kappa shape index (κ1) is 20.5. The van der Waals surface area contributed by atoms with Crippen molar-refractivity contribution in [2.45, 2.75) is 26.2 Å². The van der Waals surface area contributed by atoms with E-state index in [4.69, 9.17) is 4.74 Å². The summed E-state index contributed by atoms with van der Waals surface area (Å²) in [4.78, 5) is 38.8. The molecule has 158 valence electrons. The summed E-state index contributed by atoms with van der Waals surface area (Å²) >= 11 is 0. The highest BCUT2D eigenvalue weighted by Crippen LogP contribution is 2.24. The highest BCUT2D eigenvalue weighted by molar-refractivity contribution is 6.06. The molecule has 0 saturated carbocycles. The van der Waals surface area contributed by atoms with E-state index in [0.29, 0.717) is 54.3 Å². The van der Waals surface area contributed by atoms with Gasteiger partial charge < -0.3 is 10.1 Å². The molecular weight excluding hydrogens is 399 g/mol. The van der Waals surface area contributed by atoms with Gasteiger partial charge in [0.05, 0.1) is 6.61 Å². The molecule has 6 nitrogen and oxygen atoms in total. The third-order valence-electron chi connectivity index (χ3n) is 5.17. The number of ether oxygens (including phenoxy) is 1. The van der Waals surface area contributed by atoms with E-state index in [0.717, 1.165) is 0 Å². The number of fused-ring (bicyclic) bond motifs is 1. The molecule has 0 spiro atoms. The lowest BCUT2D eigenvalue weighted by molar-refractivity contribution is 0.0971. The lowest BCUT2D eigenvalue weighted by atomic mass is 9.92. The molecule has 1 aromatic heterocycles. The van der Waals surface area contributed by atoms with Crippen LogP contribution in [0, 0.1) is 5.82 Å². The summed E-state index contributed by atoms with van der Waals surface area (Å²) in [7, 11) is 0. The SMILES string of the molecule is CCOc1ccc(NC(=O)c2cc3c(n(-c4ccc(F)cc4)c2=O)CCCC3=O)cc1. The van der Waals surface area contributed by atoms with E-state index in [2.05, 4.69) is 5.32 Å². The highest BCUT2D eigenvalue weighted by Gasteiger charge is 2.26. The summed E-state index contributed by atoms with van der Waals surface area (Å²) in [6.45, 7) is 2.40. The second-order valence-electron chi connectivity index (χ2n) is 7.22. The zero-order valence-corrected chi connectivity index (χ0v) is 17.0. The van der Waals surface area contributed by atoms with Gasteiger partial charge in [-0.2, -0.15) is 0 Å². The summed E-state index contributed by atoms with van der Waals surface area (Å²) in [5.74, 6) is -0.511. The van der Waals surface area contributed by atoms with Gasteiger partial charge in [-0.1, -0.05) is 0 Å². The van der Waals surface area contributed by atoms with Crippen LogP contribution in [0.2, 0.25) is 0 Å². The van der Waals surface area contributed by atoms with Crippen molar-refractivity contribution in [3.05, 3.63) is 87.6 Å². The number of ketones is 1. The highest BCUT2D eigenvalue weighted by atomic mass is 19.1. The predicted octanol–water partition coefficient (Wildman–Crippen LogP) is 4.15. The third kappa shape index (κ3) is 4.12. The minimum Gasteiger partial charge on any atom is -0.494 e. The van der Waals surface area contributed by atoms with Gasteiger partial charge in [0.15, 0.2) is 5.78 Å². The number of benzene rings is 2. The molecule has 2 aromatic carbocycles. The average Bonchev–Trinajstić information content (AvgIpc) is 2.76. The van der Waals surface area contributed by atoms with Crippen molar-refractivity contribution in [2.24, 2.45) is 0 Å². The minimum atomic E-state index is -0.619. The molecule has 0 unspecified atom stereocenters. The maximum atomic E-state index is 13.4. The number of hydrogen-bond donors (Lipinski definition) is 1. The first-order chi connectivity index (χ1) is 15.0. The van der Waals surface area contributed by atoms with E-state index < -0.39 is 17.3 Å². The zero-order chi connectivity index (χ0) is 22.0. The summed E-state index contributed by atoms with van der Waals surface area (Å²) in [5.41, 5.74) is 1.10. The number of pyridine rings is 1. The number of anilines is 1. The first-order valence-corrected chi connectivity index (χ1v) is 10.1. The van der Waals surface area contributed by atoms with Crippen molar-refractivity contribution in [1.29, 1.82) is 0 Å². The molecule has 0 bridgehead atoms. The lowest BCUT2D eigenvalue weighted by Crippen LogP contribution is -2.33. The Morgan fingerprint density at radius 1 is 1.06 bits per heavy atom. The van der Waals surface area contributed by atoms with Gasteiger partial charge in [-0.05, 0) is 74.4 Å². The Hall–Kier alpha value is -3.74. The van der Waals surface area contributed by atoms with Gasteiger partial charge in [0.25, 0.3) is 11.5 Å². The molecule has 4 rings (SSSR count). The number of rotatable bonds is 5. The topological polar surface area (TPSA) is 77.4 Å². The van der Waals surface area contributed by atoms with E-state index in [-0.39, 0.29) is 11.3 Å². The second kappa shape index (κ2) is 8.55. The zero-order valence-electron chi connectivity index (χ0n) is 17.0. The Kier molecular flexibility index (Phi) is 5.66. The van der Waals surface area contributed by atoms with Crippen LogP contribution in [0.3, 0.4) is 0 Å². The van der Waals surface area contributed by atoms with Crippen molar-refractivity contribution in [1.82, 2.24) is 4.57 Å². The van der Waals surface area contributed by atoms with Crippen LogP contribution in [-0.4, -0.2) is 22.9 Å². The summed E-state index contributed by atoms with van der Waals surface area (Å²) < 4.78 is 20.1. The number of nitrogens with one attached hydrogen (secondary N) is 1. The van der Waals surface area contributed by atoms with Crippen molar-refractivity contribution in [3.8, 4) is 11.4 Å². The van der Waals surface area contributed by atoms with Crippen LogP contribution in [0.15, 0.2) is 59.4 Å². The predicted molar refractivity (Wildman–Crippen MR) is 115 cm³/mol. The molecule has 0 fully saturated rings. The van der Waals surface area contributed by atoms with Crippen molar-refractivity contribution in [2.75, 3.05) is 11.9 Å². The monoisotopic (exact) mass is 420 g/mol.